The van der Waals surface area contributed by atoms with Gasteiger partial charge in [-0.05, 0) is 24.3 Å². The summed E-state index contributed by atoms with van der Waals surface area (Å²) in [6.07, 6.45) is 0. The van der Waals surface area contributed by atoms with Gasteiger partial charge in [0.1, 0.15) is 24.3 Å². The van der Waals surface area contributed by atoms with Crippen LogP contribution < -0.4 is 10.6 Å². The Kier molecular flexibility index (Phi) is 4.55. The van der Waals surface area contributed by atoms with Gasteiger partial charge in [-0.3, -0.25) is 0 Å². The number of anilines is 2. The fourth-order valence-corrected chi connectivity index (χ4v) is 1.18. The minimum atomic E-state index is -0.908. The molecule has 0 heterocycles. The number of nitriles is 4. The van der Waals surface area contributed by atoms with E-state index in [-0.39, 0.29) is 0 Å². The van der Waals surface area contributed by atoms with Gasteiger partial charge in [0, 0.05) is 11.4 Å². The van der Waals surface area contributed by atoms with Crippen LogP contribution in [-0.2, 0) is 0 Å². The van der Waals surface area contributed by atoms with Crippen LogP contribution in [-0.4, -0.2) is 12.1 Å². The summed E-state index contributed by atoms with van der Waals surface area (Å²) in [5.41, 5.74) is 1.22. The molecule has 0 saturated carbocycles. The van der Waals surface area contributed by atoms with Gasteiger partial charge >= 0.3 is 0 Å². The first-order valence-electron chi connectivity index (χ1n) is 4.95. The number of hydrogen-bond acceptors (Lipinski definition) is 6. The van der Waals surface area contributed by atoms with Crippen molar-refractivity contribution in [2.45, 2.75) is 12.1 Å². The van der Waals surface area contributed by atoms with Crippen molar-refractivity contribution in [3.63, 3.8) is 0 Å². The second-order valence-electron chi connectivity index (χ2n) is 3.25. The number of nitrogens with one attached hydrogen (secondary N) is 2. The fraction of sp³-hybridized carbons (Fsp3) is 0.167. The third-order valence-corrected chi connectivity index (χ3v) is 2.02. The van der Waals surface area contributed by atoms with Gasteiger partial charge in [0.2, 0.25) is 12.1 Å². The highest BCUT2D eigenvalue weighted by atomic mass is 14.9. The SMILES string of the molecule is N#CC(C#N)Nc1ccc(NC(C#N)C#N)cc1. The Labute approximate surface area is 104 Å². The lowest BCUT2D eigenvalue weighted by Gasteiger charge is -2.09. The van der Waals surface area contributed by atoms with Crippen molar-refractivity contribution in [2.24, 2.45) is 0 Å². The van der Waals surface area contributed by atoms with Crippen molar-refractivity contribution >= 4 is 11.4 Å². The van der Waals surface area contributed by atoms with E-state index in [9.17, 15) is 0 Å². The quantitative estimate of drug-likeness (QED) is 0.814. The third kappa shape index (κ3) is 3.42. The van der Waals surface area contributed by atoms with Gasteiger partial charge in [0.15, 0.2) is 0 Å². The van der Waals surface area contributed by atoms with Gasteiger partial charge in [-0.2, -0.15) is 21.0 Å². The van der Waals surface area contributed by atoms with Crippen LogP contribution in [0.15, 0.2) is 24.3 Å². The van der Waals surface area contributed by atoms with E-state index >= 15 is 0 Å². The maximum Gasteiger partial charge on any atom is 0.202 e. The highest BCUT2D eigenvalue weighted by Crippen LogP contribution is 2.14. The number of rotatable bonds is 4. The molecule has 0 aliphatic carbocycles. The van der Waals surface area contributed by atoms with E-state index in [0.29, 0.717) is 11.4 Å². The highest BCUT2D eigenvalue weighted by molar-refractivity contribution is 5.56. The average Bonchev–Trinajstić information content (AvgIpc) is 2.43. The topological polar surface area (TPSA) is 119 Å². The Balaban J connectivity index is 2.71. The minimum Gasteiger partial charge on any atom is -0.358 e. The first kappa shape index (κ1) is 12.8. The normalized spacial score (nSPS) is 8.78. The molecular weight excluding hydrogens is 228 g/mol. The molecule has 0 unspecified atom stereocenters. The Morgan fingerprint density at radius 3 is 1.17 bits per heavy atom. The molecule has 1 aromatic carbocycles. The minimum absolute atomic E-state index is 0.610. The van der Waals surface area contributed by atoms with Gasteiger partial charge in [0.05, 0.1) is 0 Å². The Hall–Kier alpha value is -3.22. The number of hydrogen-bond donors (Lipinski definition) is 2. The zero-order valence-corrected chi connectivity index (χ0v) is 9.25. The van der Waals surface area contributed by atoms with E-state index in [4.69, 9.17) is 21.0 Å². The molecule has 2 N–H and O–H groups in total. The zero-order valence-electron chi connectivity index (χ0n) is 9.25. The molecule has 0 atom stereocenters. The van der Waals surface area contributed by atoms with E-state index in [2.05, 4.69) is 10.6 Å². The molecular formula is C12H8N6. The number of nitrogens with zero attached hydrogens (tertiary/aromatic N) is 4. The molecule has 0 radical (unpaired) electrons. The van der Waals surface area contributed by atoms with Crippen LogP contribution in [0.1, 0.15) is 0 Å². The van der Waals surface area contributed by atoms with Crippen LogP contribution in [0.5, 0.6) is 0 Å². The molecule has 86 valence electrons. The van der Waals surface area contributed by atoms with Crippen molar-refractivity contribution in [1.29, 1.82) is 21.0 Å². The first-order valence-corrected chi connectivity index (χ1v) is 4.95. The van der Waals surface area contributed by atoms with Crippen LogP contribution >= 0.6 is 0 Å². The van der Waals surface area contributed by atoms with Crippen LogP contribution in [0.3, 0.4) is 0 Å². The zero-order chi connectivity index (χ0) is 13.4. The van der Waals surface area contributed by atoms with Crippen molar-refractivity contribution in [3.8, 4) is 24.3 Å². The molecule has 0 fully saturated rings. The number of benzene rings is 1. The molecule has 0 bridgehead atoms. The highest BCUT2D eigenvalue weighted by Gasteiger charge is 2.06. The second kappa shape index (κ2) is 6.38. The van der Waals surface area contributed by atoms with Crippen molar-refractivity contribution in [2.75, 3.05) is 10.6 Å². The molecule has 0 aliphatic heterocycles. The molecule has 0 aliphatic rings. The van der Waals surface area contributed by atoms with E-state index in [1.165, 1.54) is 0 Å². The summed E-state index contributed by atoms with van der Waals surface area (Å²) in [4.78, 5) is 0. The molecule has 6 nitrogen and oxygen atoms in total. The Morgan fingerprint density at radius 2 is 0.944 bits per heavy atom. The van der Waals surface area contributed by atoms with E-state index < -0.39 is 12.1 Å². The summed E-state index contributed by atoms with van der Waals surface area (Å²) in [7, 11) is 0. The molecule has 18 heavy (non-hydrogen) atoms. The van der Waals surface area contributed by atoms with Gasteiger partial charge in [0.25, 0.3) is 0 Å². The summed E-state index contributed by atoms with van der Waals surface area (Å²) in [5.74, 6) is 0. The van der Waals surface area contributed by atoms with Gasteiger partial charge in [-0.1, -0.05) is 0 Å². The Morgan fingerprint density at radius 1 is 0.667 bits per heavy atom. The van der Waals surface area contributed by atoms with Crippen LogP contribution in [0, 0.1) is 45.3 Å². The first-order chi connectivity index (χ1) is 8.73. The van der Waals surface area contributed by atoms with E-state index in [0.717, 1.165) is 0 Å². The second-order valence-corrected chi connectivity index (χ2v) is 3.25. The lowest BCUT2D eigenvalue weighted by atomic mass is 10.2. The summed E-state index contributed by atoms with van der Waals surface area (Å²) < 4.78 is 0. The van der Waals surface area contributed by atoms with Crippen molar-refractivity contribution in [1.82, 2.24) is 0 Å². The standard InChI is InChI=1S/C12H8N6/c13-5-11(6-14)17-9-1-2-10(4-3-9)18-12(7-15)8-16/h1-4,11-12,17-18H. The lowest BCUT2D eigenvalue weighted by molar-refractivity contribution is 1.11. The van der Waals surface area contributed by atoms with Gasteiger partial charge in [-0.25, -0.2) is 0 Å². The molecule has 0 spiro atoms. The summed E-state index contributed by atoms with van der Waals surface area (Å²) in [6, 6.07) is 11.9. The molecule has 0 saturated heterocycles. The molecule has 6 heteroatoms. The van der Waals surface area contributed by atoms with Crippen molar-refractivity contribution < 1.29 is 0 Å². The van der Waals surface area contributed by atoms with Gasteiger partial charge < -0.3 is 10.6 Å². The van der Waals surface area contributed by atoms with E-state index in [1.54, 1.807) is 48.5 Å². The predicted octanol–water partition coefficient (Wildman–Crippen LogP) is 1.34. The maximum atomic E-state index is 8.61. The van der Waals surface area contributed by atoms with E-state index in [1.807, 2.05) is 0 Å². The van der Waals surface area contributed by atoms with Crippen LogP contribution in [0.25, 0.3) is 0 Å². The maximum absolute atomic E-state index is 8.61. The smallest absolute Gasteiger partial charge is 0.202 e. The lowest BCUT2D eigenvalue weighted by Crippen LogP contribution is -2.15. The molecule has 1 rings (SSSR count). The van der Waals surface area contributed by atoms with Crippen LogP contribution in [0.2, 0.25) is 0 Å². The average molecular weight is 236 g/mol. The molecule has 0 amide bonds. The Bertz CT molecular complexity index is 482. The van der Waals surface area contributed by atoms with Gasteiger partial charge in [-0.15, -0.1) is 0 Å². The molecule has 1 aromatic rings. The largest absolute Gasteiger partial charge is 0.358 e. The predicted molar refractivity (Wildman–Crippen MR) is 63.7 cm³/mol. The summed E-state index contributed by atoms with van der Waals surface area (Å²) in [6.45, 7) is 0. The van der Waals surface area contributed by atoms with Crippen LogP contribution in [0.4, 0.5) is 11.4 Å². The molecule has 0 aromatic heterocycles. The summed E-state index contributed by atoms with van der Waals surface area (Å²) in [5, 5.41) is 39.8. The monoisotopic (exact) mass is 236 g/mol. The van der Waals surface area contributed by atoms with Crippen molar-refractivity contribution in [3.05, 3.63) is 24.3 Å². The third-order valence-electron chi connectivity index (χ3n) is 2.02. The summed E-state index contributed by atoms with van der Waals surface area (Å²) >= 11 is 0. The fourth-order valence-electron chi connectivity index (χ4n) is 1.18.